The Morgan fingerprint density at radius 1 is 1.19 bits per heavy atom. The van der Waals surface area contributed by atoms with Gasteiger partial charge < -0.3 is 5.32 Å². The highest BCUT2D eigenvalue weighted by Crippen LogP contribution is 2.26. The van der Waals surface area contributed by atoms with Gasteiger partial charge in [0.2, 0.25) is 5.91 Å². The van der Waals surface area contributed by atoms with Crippen molar-refractivity contribution in [3.63, 3.8) is 0 Å². The fourth-order valence-corrected chi connectivity index (χ4v) is 3.90. The van der Waals surface area contributed by atoms with Crippen LogP contribution in [-0.2, 0) is 11.3 Å². The lowest BCUT2D eigenvalue weighted by atomic mass is 10.2. The summed E-state index contributed by atoms with van der Waals surface area (Å²) in [7, 11) is 0. The topological polar surface area (TPSA) is 76.9 Å². The lowest BCUT2D eigenvalue weighted by Crippen LogP contribution is -2.27. The molecule has 10 heteroatoms. The molecule has 0 saturated heterocycles. The molecule has 3 heterocycles. The molecule has 0 saturated carbocycles. The maximum absolute atomic E-state index is 13.3. The number of halogens is 2. The molecule has 0 aliphatic rings. The van der Waals surface area contributed by atoms with Gasteiger partial charge in [0.05, 0.1) is 17.4 Å². The zero-order valence-electron chi connectivity index (χ0n) is 13.5. The highest BCUT2D eigenvalue weighted by Gasteiger charge is 2.12. The smallest absolute Gasteiger partial charge is 0.262 e. The summed E-state index contributed by atoms with van der Waals surface area (Å²) >= 11 is 2.49. The molecule has 136 valence electrons. The van der Waals surface area contributed by atoms with Gasteiger partial charge in [0, 0.05) is 10.9 Å². The highest BCUT2D eigenvalue weighted by molar-refractivity contribution is 7.16. The molecular formula is C17H10F2N4O2S2. The monoisotopic (exact) mass is 404 g/mol. The van der Waals surface area contributed by atoms with Crippen molar-refractivity contribution in [1.82, 2.24) is 14.5 Å². The van der Waals surface area contributed by atoms with E-state index in [9.17, 15) is 18.4 Å². The third-order valence-corrected chi connectivity index (χ3v) is 5.31. The van der Waals surface area contributed by atoms with E-state index in [0.717, 1.165) is 23.5 Å². The van der Waals surface area contributed by atoms with Gasteiger partial charge in [-0.3, -0.25) is 14.2 Å². The van der Waals surface area contributed by atoms with Crippen LogP contribution in [0.25, 0.3) is 21.5 Å². The van der Waals surface area contributed by atoms with Crippen molar-refractivity contribution in [1.29, 1.82) is 0 Å². The minimum Gasteiger partial charge on any atom is -0.300 e. The Bertz CT molecular complexity index is 1220. The first-order valence-electron chi connectivity index (χ1n) is 7.65. The average Bonchev–Trinajstić information content (AvgIpc) is 3.29. The summed E-state index contributed by atoms with van der Waals surface area (Å²) in [5, 5.41) is 6.72. The summed E-state index contributed by atoms with van der Waals surface area (Å²) in [6.07, 6.45) is 1.33. The van der Waals surface area contributed by atoms with E-state index in [-0.39, 0.29) is 17.2 Å². The van der Waals surface area contributed by atoms with E-state index in [4.69, 9.17) is 0 Å². The molecule has 0 fully saturated rings. The van der Waals surface area contributed by atoms with E-state index in [0.29, 0.717) is 21.5 Å². The fourth-order valence-electron chi connectivity index (χ4n) is 2.44. The fraction of sp³-hybridized carbons (Fsp3) is 0.0588. The van der Waals surface area contributed by atoms with Gasteiger partial charge in [0.25, 0.3) is 5.56 Å². The second kappa shape index (κ2) is 6.97. The number of carbonyl (C=O) groups excluding carboxylic acids is 1. The van der Waals surface area contributed by atoms with Crippen molar-refractivity contribution in [2.75, 3.05) is 5.32 Å². The van der Waals surface area contributed by atoms with E-state index >= 15 is 0 Å². The Morgan fingerprint density at radius 3 is 2.85 bits per heavy atom. The molecule has 0 spiro atoms. The van der Waals surface area contributed by atoms with Gasteiger partial charge in [-0.2, -0.15) is 0 Å². The summed E-state index contributed by atoms with van der Waals surface area (Å²) in [4.78, 5) is 33.5. The number of thiophene rings is 1. The summed E-state index contributed by atoms with van der Waals surface area (Å²) in [6, 6.07) is 5.12. The molecule has 1 aromatic carbocycles. The van der Waals surface area contributed by atoms with Crippen LogP contribution in [0.3, 0.4) is 0 Å². The number of hydrogen-bond donors (Lipinski definition) is 1. The van der Waals surface area contributed by atoms with Crippen LogP contribution >= 0.6 is 22.7 Å². The predicted molar refractivity (Wildman–Crippen MR) is 100.0 cm³/mol. The Labute approximate surface area is 158 Å². The van der Waals surface area contributed by atoms with E-state index < -0.39 is 17.5 Å². The number of benzene rings is 1. The van der Waals surface area contributed by atoms with Crippen LogP contribution < -0.4 is 10.9 Å². The number of hydrogen-bond acceptors (Lipinski definition) is 6. The second-order valence-electron chi connectivity index (χ2n) is 5.53. The largest absolute Gasteiger partial charge is 0.300 e. The summed E-state index contributed by atoms with van der Waals surface area (Å²) in [6.45, 7) is -0.211. The Balaban J connectivity index is 1.49. The molecule has 0 aliphatic carbocycles. The molecule has 1 amide bonds. The van der Waals surface area contributed by atoms with Crippen LogP contribution in [0, 0.1) is 11.6 Å². The first kappa shape index (κ1) is 17.4. The number of rotatable bonds is 4. The first-order chi connectivity index (χ1) is 13.0. The molecule has 27 heavy (non-hydrogen) atoms. The van der Waals surface area contributed by atoms with E-state index in [2.05, 4.69) is 15.3 Å². The van der Waals surface area contributed by atoms with Crippen LogP contribution in [0.2, 0.25) is 0 Å². The Morgan fingerprint density at radius 2 is 2.04 bits per heavy atom. The van der Waals surface area contributed by atoms with Crippen molar-refractivity contribution in [3.05, 3.63) is 63.3 Å². The third kappa shape index (κ3) is 3.49. The number of aromatic nitrogens is 3. The number of nitrogens with zero attached hydrogens (tertiary/aromatic N) is 3. The second-order valence-corrected chi connectivity index (χ2v) is 7.28. The standard InChI is InChI=1S/C17H10F2N4O2S2/c18-11-2-1-9(5-12(11)19)13-7-27-17(21-13)22-14(24)6-23-8-20-15-10(16(23)25)3-4-26-15/h1-5,7-8H,6H2,(H,21,22,24). The first-order valence-corrected chi connectivity index (χ1v) is 9.40. The average molecular weight is 404 g/mol. The Kier molecular flexibility index (Phi) is 4.50. The molecule has 0 aliphatic heterocycles. The molecule has 6 nitrogen and oxygen atoms in total. The number of anilines is 1. The number of amides is 1. The Hall–Kier alpha value is -2.98. The summed E-state index contributed by atoms with van der Waals surface area (Å²) < 4.78 is 27.6. The third-order valence-electron chi connectivity index (χ3n) is 3.73. The molecule has 0 radical (unpaired) electrons. The maximum Gasteiger partial charge on any atom is 0.262 e. The van der Waals surface area contributed by atoms with Crippen LogP contribution in [0.4, 0.5) is 13.9 Å². The molecule has 0 unspecified atom stereocenters. The van der Waals surface area contributed by atoms with Gasteiger partial charge in [0.15, 0.2) is 16.8 Å². The lowest BCUT2D eigenvalue weighted by Gasteiger charge is -2.05. The van der Waals surface area contributed by atoms with E-state index in [1.807, 2.05) is 0 Å². The van der Waals surface area contributed by atoms with Crippen molar-refractivity contribution in [2.45, 2.75) is 6.54 Å². The van der Waals surface area contributed by atoms with Crippen LogP contribution in [0.1, 0.15) is 0 Å². The summed E-state index contributed by atoms with van der Waals surface area (Å²) in [5.74, 6) is -2.36. The minimum atomic E-state index is -0.971. The van der Waals surface area contributed by atoms with Gasteiger partial charge in [-0.15, -0.1) is 22.7 Å². The van der Waals surface area contributed by atoms with Crippen molar-refractivity contribution < 1.29 is 13.6 Å². The number of nitrogens with one attached hydrogen (secondary N) is 1. The zero-order chi connectivity index (χ0) is 19.0. The highest BCUT2D eigenvalue weighted by atomic mass is 32.1. The van der Waals surface area contributed by atoms with Crippen LogP contribution in [0.15, 0.2) is 46.1 Å². The van der Waals surface area contributed by atoms with Gasteiger partial charge >= 0.3 is 0 Å². The van der Waals surface area contributed by atoms with E-state index in [1.165, 1.54) is 28.3 Å². The normalized spacial score (nSPS) is 11.0. The van der Waals surface area contributed by atoms with E-state index in [1.54, 1.807) is 16.8 Å². The molecule has 4 rings (SSSR count). The summed E-state index contributed by atoms with van der Waals surface area (Å²) in [5.41, 5.74) is 0.514. The molecule has 1 N–H and O–H groups in total. The van der Waals surface area contributed by atoms with Gasteiger partial charge in [-0.25, -0.2) is 18.7 Å². The van der Waals surface area contributed by atoms with Crippen molar-refractivity contribution in [2.24, 2.45) is 0 Å². The lowest BCUT2D eigenvalue weighted by molar-refractivity contribution is -0.116. The number of fused-ring (bicyclic) bond motifs is 1. The maximum atomic E-state index is 13.3. The van der Waals surface area contributed by atoms with Gasteiger partial charge in [0.1, 0.15) is 11.4 Å². The molecular weight excluding hydrogens is 394 g/mol. The molecule has 3 aromatic heterocycles. The number of carbonyl (C=O) groups is 1. The predicted octanol–water partition coefficient (Wildman–Crippen LogP) is 3.50. The van der Waals surface area contributed by atoms with Crippen LogP contribution in [-0.4, -0.2) is 20.4 Å². The van der Waals surface area contributed by atoms with Crippen LogP contribution in [0.5, 0.6) is 0 Å². The van der Waals surface area contributed by atoms with Crippen molar-refractivity contribution >= 4 is 43.9 Å². The number of thiazole rings is 1. The molecule has 0 bridgehead atoms. The van der Waals surface area contributed by atoms with Crippen molar-refractivity contribution in [3.8, 4) is 11.3 Å². The molecule has 0 atom stereocenters. The zero-order valence-corrected chi connectivity index (χ0v) is 15.1. The quantitative estimate of drug-likeness (QED) is 0.565. The van der Waals surface area contributed by atoms with Gasteiger partial charge in [-0.1, -0.05) is 0 Å². The van der Waals surface area contributed by atoms with Gasteiger partial charge in [-0.05, 0) is 29.6 Å². The molecule has 4 aromatic rings. The minimum absolute atomic E-state index is 0.211. The SMILES string of the molecule is O=C(Cn1cnc2sccc2c1=O)Nc1nc(-c2ccc(F)c(F)c2)cs1.